The molecule has 2 aromatic heterocycles. The van der Waals surface area contributed by atoms with Gasteiger partial charge in [-0.25, -0.2) is 10.2 Å². The first kappa shape index (κ1) is 23.5. The van der Waals surface area contributed by atoms with Gasteiger partial charge in [0.1, 0.15) is 17.1 Å². The molecular formula is C23H23ClN4O6. The molecule has 1 aliphatic carbocycles. The van der Waals surface area contributed by atoms with E-state index in [4.69, 9.17) is 21.3 Å². The lowest BCUT2D eigenvalue weighted by Crippen LogP contribution is -2.37. The van der Waals surface area contributed by atoms with Gasteiger partial charge in [0.05, 0.1) is 5.02 Å². The molecule has 3 N–H and O–H groups in total. The summed E-state index contributed by atoms with van der Waals surface area (Å²) in [5, 5.41) is 15.3. The summed E-state index contributed by atoms with van der Waals surface area (Å²) in [6, 6.07) is 7.66. The van der Waals surface area contributed by atoms with Crippen molar-refractivity contribution in [3.8, 4) is 5.75 Å². The third-order valence-corrected chi connectivity index (χ3v) is 6.22. The molecule has 0 aliphatic heterocycles. The van der Waals surface area contributed by atoms with Crippen molar-refractivity contribution in [1.29, 1.82) is 0 Å². The van der Waals surface area contributed by atoms with Gasteiger partial charge in [-0.15, -0.1) is 0 Å². The maximum atomic E-state index is 13.1. The quantitative estimate of drug-likeness (QED) is 0.259. The molecular weight excluding hydrogens is 464 g/mol. The Labute approximate surface area is 199 Å². The third-order valence-electron chi connectivity index (χ3n) is 6.00. The minimum Gasteiger partial charge on any atom is -0.449 e. The van der Waals surface area contributed by atoms with E-state index in [2.05, 4.69) is 20.5 Å². The number of nitrogens with one attached hydrogen (secondary N) is 2. The molecule has 3 aromatic rings. The van der Waals surface area contributed by atoms with Crippen molar-refractivity contribution in [2.24, 2.45) is 5.92 Å². The molecule has 0 saturated heterocycles. The fourth-order valence-corrected chi connectivity index (χ4v) is 4.21. The lowest BCUT2D eigenvalue weighted by Gasteiger charge is -2.32. The van der Waals surface area contributed by atoms with Gasteiger partial charge in [0.15, 0.2) is 5.75 Å². The highest BCUT2D eigenvalue weighted by molar-refractivity contribution is 6.30. The summed E-state index contributed by atoms with van der Waals surface area (Å²) in [5.41, 5.74) is 0.485. The summed E-state index contributed by atoms with van der Waals surface area (Å²) in [6.45, 7) is 0. The number of furan rings is 1. The van der Waals surface area contributed by atoms with Crippen LogP contribution in [0.15, 0.2) is 40.9 Å². The SMILES string of the molecule is CN(C=O)C1CCC(C(=O)Nc2c(C(=O)Nc3ccc(Cl)cn3)oc3ccc(OO)cc23)CC1. The highest BCUT2D eigenvalue weighted by Crippen LogP contribution is 2.35. The van der Waals surface area contributed by atoms with Crippen LogP contribution in [0, 0.1) is 5.92 Å². The van der Waals surface area contributed by atoms with E-state index >= 15 is 0 Å². The first-order valence-electron chi connectivity index (χ1n) is 10.7. The van der Waals surface area contributed by atoms with Crippen molar-refractivity contribution < 1.29 is 28.9 Å². The average Bonchev–Trinajstić information content (AvgIpc) is 3.22. The molecule has 1 aliphatic rings. The molecule has 11 heteroatoms. The van der Waals surface area contributed by atoms with E-state index in [1.807, 2.05) is 0 Å². The molecule has 0 atom stereocenters. The predicted octanol–water partition coefficient (Wildman–Crippen LogP) is 4.17. The van der Waals surface area contributed by atoms with Crippen LogP contribution in [0.25, 0.3) is 11.0 Å². The maximum Gasteiger partial charge on any atom is 0.294 e. The Bertz CT molecular complexity index is 1200. The number of anilines is 2. The summed E-state index contributed by atoms with van der Waals surface area (Å²) >= 11 is 5.84. The van der Waals surface area contributed by atoms with Crippen LogP contribution in [0.2, 0.25) is 5.02 Å². The van der Waals surface area contributed by atoms with Gasteiger partial charge in [-0.1, -0.05) is 11.6 Å². The summed E-state index contributed by atoms with van der Waals surface area (Å²) in [6.07, 6.45) is 4.80. The molecule has 0 spiro atoms. The molecule has 1 saturated carbocycles. The van der Waals surface area contributed by atoms with E-state index < -0.39 is 5.91 Å². The smallest absolute Gasteiger partial charge is 0.294 e. The number of carbonyl (C=O) groups excluding carboxylic acids is 3. The zero-order valence-electron chi connectivity index (χ0n) is 18.3. The fraction of sp³-hybridized carbons (Fsp3) is 0.304. The van der Waals surface area contributed by atoms with Gasteiger partial charge in [-0.2, -0.15) is 0 Å². The van der Waals surface area contributed by atoms with Crippen LogP contribution in [0.1, 0.15) is 36.2 Å². The largest absolute Gasteiger partial charge is 0.449 e. The zero-order chi connectivity index (χ0) is 24.2. The monoisotopic (exact) mass is 486 g/mol. The zero-order valence-corrected chi connectivity index (χ0v) is 19.0. The van der Waals surface area contributed by atoms with Crippen molar-refractivity contribution in [3.05, 3.63) is 47.3 Å². The third kappa shape index (κ3) is 4.97. The van der Waals surface area contributed by atoms with Gasteiger partial charge in [0.2, 0.25) is 18.1 Å². The second-order valence-corrected chi connectivity index (χ2v) is 8.57. The summed E-state index contributed by atoms with van der Waals surface area (Å²) in [7, 11) is 1.73. The van der Waals surface area contributed by atoms with Gasteiger partial charge in [0.25, 0.3) is 5.91 Å². The minimum atomic E-state index is -0.621. The number of rotatable bonds is 7. The van der Waals surface area contributed by atoms with Crippen molar-refractivity contribution in [2.45, 2.75) is 31.7 Å². The number of hydrogen-bond acceptors (Lipinski definition) is 7. The Morgan fingerprint density at radius 3 is 2.62 bits per heavy atom. The molecule has 0 radical (unpaired) electrons. The van der Waals surface area contributed by atoms with Crippen LogP contribution in [0.3, 0.4) is 0 Å². The van der Waals surface area contributed by atoms with E-state index in [0.717, 1.165) is 6.41 Å². The van der Waals surface area contributed by atoms with Crippen molar-refractivity contribution in [2.75, 3.05) is 17.7 Å². The Balaban J connectivity index is 1.59. The number of nitrogens with zero attached hydrogens (tertiary/aromatic N) is 2. The Hall–Kier alpha value is -3.63. The highest BCUT2D eigenvalue weighted by atomic mass is 35.5. The number of aromatic nitrogens is 1. The number of fused-ring (bicyclic) bond motifs is 1. The molecule has 4 rings (SSSR count). The minimum absolute atomic E-state index is 0.105. The van der Waals surface area contributed by atoms with E-state index in [1.165, 1.54) is 30.5 Å². The predicted molar refractivity (Wildman–Crippen MR) is 125 cm³/mol. The molecule has 0 bridgehead atoms. The number of hydrogen-bond donors (Lipinski definition) is 3. The number of pyridine rings is 1. The second-order valence-electron chi connectivity index (χ2n) is 8.14. The Morgan fingerprint density at radius 2 is 1.97 bits per heavy atom. The molecule has 1 fully saturated rings. The van der Waals surface area contributed by atoms with Crippen LogP contribution in [0.4, 0.5) is 11.5 Å². The molecule has 1 aromatic carbocycles. The molecule has 178 valence electrons. The van der Waals surface area contributed by atoms with Crippen LogP contribution >= 0.6 is 11.6 Å². The molecule has 10 nitrogen and oxygen atoms in total. The van der Waals surface area contributed by atoms with Gasteiger partial charge in [-0.05, 0) is 56.0 Å². The van der Waals surface area contributed by atoms with Gasteiger partial charge < -0.3 is 24.8 Å². The Morgan fingerprint density at radius 1 is 1.21 bits per heavy atom. The van der Waals surface area contributed by atoms with Gasteiger partial charge in [0, 0.05) is 30.6 Å². The van der Waals surface area contributed by atoms with Gasteiger partial charge >= 0.3 is 0 Å². The fourth-order valence-electron chi connectivity index (χ4n) is 4.10. The first-order chi connectivity index (χ1) is 16.4. The molecule has 34 heavy (non-hydrogen) atoms. The van der Waals surface area contributed by atoms with E-state index in [-0.39, 0.29) is 40.9 Å². The van der Waals surface area contributed by atoms with Crippen molar-refractivity contribution in [1.82, 2.24) is 9.88 Å². The lowest BCUT2D eigenvalue weighted by molar-refractivity contribution is -0.137. The lowest BCUT2D eigenvalue weighted by atomic mass is 9.85. The number of benzene rings is 1. The average molecular weight is 487 g/mol. The molecule has 2 heterocycles. The van der Waals surface area contributed by atoms with Crippen LogP contribution in [-0.2, 0) is 9.59 Å². The van der Waals surface area contributed by atoms with Gasteiger partial charge in [-0.3, -0.25) is 14.4 Å². The summed E-state index contributed by atoms with van der Waals surface area (Å²) in [4.78, 5) is 47.1. The standard InChI is InChI=1S/C23H23ClN4O6/c1-28(12-29)15-5-2-13(3-6-15)22(30)27-20-17-10-16(34-32)7-8-18(17)33-21(20)23(31)26-19-9-4-14(24)11-25-19/h4,7-13,15,32H,2-3,5-6H2,1H3,(H,27,30)(H,25,26,31). The maximum absolute atomic E-state index is 13.1. The van der Waals surface area contributed by atoms with Crippen molar-refractivity contribution in [3.63, 3.8) is 0 Å². The second kappa shape index (κ2) is 10.1. The van der Waals surface area contributed by atoms with E-state index in [9.17, 15) is 14.4 Å². The molecule has 0 unspecified atom stereocenters. The van der Waals surface area contributed by atoms with E-state index in [1.54, 1.807) is 18.0 Å². The number of amides is 3. The van der Waals surface area contributed by atoms with Crippen LogP contribution in [0.5, 0.6) is 5.75 Å². The topological polar surface area (TPSA) is 134 Å². The molecule has 3 amide bonds. The number of halogens is 1. The van der Waals surface area contributed by atoms with Crippen molar-refractivity contribution >= 4 is 52.3 Å². The van der Waals surface area contributed by atoms with Crippen LogP contribution in [-0.4, -0.2) is 46.5 Å². The summed E-state index contributed by atoms with van der Waals surface area (Å²) < 4.78 is 5.74. The number of carbonyl (C=O) groups is 3. The first-order valence-corrected chi connectivity index (χ1v) is 11.1. The normalized spacial score (nSPS) is 17.7. The summed E-state index contributed by atoms with van der Waals surface area (Å²) in [5.74, 6) is -0.915. The Kier molecular flexibility index (Phi) is 6.99. The highest BCUT2D eigenvalue weighted by Gasteiger charge is 2.30. The van der Waals surface area contributed by atoms with Crippen LogP contribution < -0.4 is 15.5 Å². The van der Waals surface area contributed by atoms with E-state index in [0.29, 0.717) is 41.7 Å².